The van der Waals surface area contributed by atoms with Gasteiger partial charge in [0.1, 0.15) is 5.75 Å². The number of rotatable bonds is 3. The zero-order valence-electron chi connectivity index (χ0n) is 13.5. The van der Waals surface area contributed by atoms with Crippen LogP contribution in [0.25, 0.3) is 0 Å². The van der Waals surface area contributed by atoms with Crippen LogP contribution in [0.1, 0.15) is 69.3 Å². The summed E-state index contributed by atoms with van der Waals surface area (Å²) < 4.78 is 6.14. The van der Waals surface area contributed by atoms with E-state index >= 15 is 0 Å². The number of aromatic nitrogens is 1. The lowest BCUT2D eigenvalue weighted by molar-refractivity contribution is 0.208. The molecule has 2 atom stereocenters. The van der Waals surface area contributed by atoms with E-state index in [0.717, 1.165) is 5.75 Å². The van der Waals surface area contributed by atoms with E-state index in [4.69, 9.17) is 4.74 Å². The van der Waals surface area contributed by atoms with E-state index < -0.39 is 0 Å². The van der Waals surface area contributed by atoms with E-state index in [1.165, 1.54) is 76.4 Å². The number of pyridine rings is 1. The van der Waals surface area contributed by atoms with Gasteiger partial charge in [-0.3, -0.25) is 4.98 Å². The first-order chi connectivity index (χ1) is 10.8. The van der Waals surface area contributed by atoms with Gasteiger partial charge in [-0.2, -0.15) is 0 Å². The summed E-state index contributed by atoms with van der Waals surface area (Å²) in [5.41, 5.74) is 1.96. The van der Waals surface area contributed by atoms with Crippen molar-refractivity contribution < 1.29 is 4.74 Å². The Kier molecular flexibility index (Phi) is 4.08. The van der Waals surface area contributed by atoms with Crippen molar-refractivity contribution in [3.63, 3.8) is 0 Å². The van der Waals surface area contributed by atoms with E-state index in [9.17, 15) is 0 Å². The van der Waals surface area contributed by atoms with Crippen LogP contribution in [0.2, 0.25) is 0 Å². The van der Waals surface area contributed by atoms with Gasteiger partial charge in [0.15, 0.2) is 0 Å². The molecule has 0 amide bonds. The number of hydrogen-bond donors (Lipinski definition) is 1. The number of ether oxygens (including phenoxy) is 1. The van der Waals surface area contributed by atoms with Crippen molar-refractivity contribution in [2.75, 3.05) is 13.1 Å². The summed E-state index contributed by atoms with van der Waals surface area (Å²) in [5, 5.41) is 3.61. The van der Waals surface area contributed by atoms with Gasteiger partial charge in [0.2, 0.25) is 0 Å². The first kappa shape index (κ1) is 14.5. The van der Waals surface area contributed by atoms with Gasteiger partial charge >= 0.3 is 0 Å². The molecule has 2 saturated carbocycles. The fourth-order valence-electron chi connectivity index (χ4n) is 4.83. The Morgan fingerprint density at radius 1 is 1.09 bits per heavy atom. The van der Waals surface area contributed by atoms with Crippen LogP contribution in [-0.2, 0) is 0 Å². The second-order valence-corrected chi connectivity index (χ2v) is 7.70. The molecule has 0 bridgehead atoms. The summed E-state index contributed by atoms with van der Waals surface area (Å²) >= 11 is 0. The van der Waals surface area contributed by atoms with Crippen LogP contribution in [0.15, 0.2) is 18.5 Å². The third-order valence-corrected chi connectivity index (χ3v) is 6.07. The Labute approximate surface area is 133 Å². The first-order valence-electron chi connectivity index (χ1n) is 9.15. The molecule has 2 unspecified atom stereocenters. The highest BCUT2D eigenvalue weighted by Gasteiger charge is 2.40. The molecular formula is C19H28N2O. The lowest BCUT2D eigenvalue weighted by Crippen LogP contribution is -2.38. The zero-order valence-corrected chi connectivity index (χ0v) is 13.5. The molecule has 1 aromatic heterocycles. The first-order valence-corrected chi connectivity index (χ1v) is 9.15. The van der Waals surface area contributed by atoms with Crippen molar-refractivity contribution in [2.45, 2.75) is 69.8 Å². The maximum absolute atomic E-state index is 6.14. The Morgan fingerprint density at radius 3 is 2.82 bits per heavy atom. The van der Waals surface area contributed by atoms with E-state index in [0.29, 0.717) is 17.4 Å². The third-order valence-electron chi connectivity index (χ3n) is 6.07. The molecule has 2 aliphatic carbocycles. The minimum Gasteiger partial charge on any atom is -0.489 e. The minimum absolute atomic E-state index is 0.425. The summed E-state index contributed by atoms with van der Waals surface area (Å²) in [4.78, 5) is 4.46. The fraction of sp³-hybridized carbons (Fsp3) is 0.737. The molecule has 3 aliphatic rings. The molecule has 3 heteroatoms. The van der Waals surface area contributed by atoms with E-state index in [-0.39, 0.29) is 0 Å². The lowest BCUT2D eigenvalue weighted by Gasteiger charge is -2.34. The molecule has 2 heterocycles. The summed E-state index contributed by atoms with van der Waals surface area (Å²) in [5.74, 6) is 1.67. The Balaban J connectivity index is 1.44. The van der Waals surface area contributed by atoms with Gasteiger partial charge in [-0.05, 0) is 87.3 Å². The molecule has 22 heavy (non-hydrogen) atoms. The smallest absolute Gasteiger partial charge is 0.138 e. The Bertz CT molecular complexity index is 504. The monoisotopic (exact) mass is 300 g/mol. The Hall–Kier alpha value is -1.09. The fourth-order valence-corrected chi connectivity index (χ4v) is 4.83. The molecular weight excluding hydrogens is 272 g/mol. The largest absolute Gasteiger partial charge is 0.489 e. The number of piperidine rings is 1. The average molecular weight is 300 g/mol. The minimum atomic E-state index is 0.425. The molecule has 0 radical (unpaired) electrons. The predicted molar refractivity (Wildman–Crippen MR) is 88.2 cm³/mol. The summed E-state index contributed by atoms with van der Waals surface area (Å²) in [6, 6.07) is 2.27. The van der Waals surface area contributed by atoms with Crippen molar-refractivity contribution >= 4 is 0 Å². The van der Waals surface area contributed by atoms with Crippen molar-refractivity contribution in [3.05, 3.63) is 24.0 Å². The van der Waals surface area contributed by atoms with Crippen LogP contribution in [0, 0.1) is 5.41 Å². The normalized spacial score (nSPS) is 32.6. The van der Waals surface area contributed by atoms with Crippen LogP contribution in [0.4, 0.5) is 0 Å². The van der Waals surface area contributed by atoms with Gasteiger partial charge in [0.25, 0.3) is 0 Å². The molecule has 4 rings (SSSR count). The molecule has 0 aromatic carbocycles. The highest BCUT2D eigenvalue weighted by Crippen LogP contribution is 2.50. The molecule has 3 nitrogen and oxygen atoms in total. The second kappa shape index (κ2) is 6.19. The van der Waals surface area contributed by atoms with Gasteiger partial charge in [0.05, 0.1) is 12.3 Å². The van der Waals surface area contributed by atoms with Gasteiger partial charge < -0.3 is 10.1 Å². The molecule has 1 N–H and O–H groups in total. The maximum atomic E-state index is 6.14. The van der Waals surface area contributed by atoms with Crippen LogP contribution in [0.5, 0.6) is 5.75 Å². The topological polar surface area (TPSA) is 34.2 Å². The zero-order chi connectivity index (χ0) is 14.8. The molecule has 120 valence electrons. The van der Waals surface area contributed by atoms with Crippen LogP contribution >= 0.6 is 0 Å². The summed E-state index contributed by atoms with van der Waals surface area (Å²) in [6.07, 6.45) is 16.2. The van der Waals surface area contributed by atoms with Gasteiger partial charge in [-0.1, -0.05) is 0 Å². The van der Waals surface area contributed by atoms with Crippen LogP contribution in [-0.4, -0.2) is 24.2 Å². The number of hydrogen-bond acceptors (Lipinski definition) is 3. The molecule has 3 fully saturated rings. The molecule has 1 aromatic rings. The number of nitrogens with one attached hydrogen (secondary N) is 1. The van der Waals surface area contributed by atoms with E-state index in [2.05, 4.69) is 22.6 Å². The molecule has 1 saturated heterocycles. The van der Waals surface area contributed by atoms with Crippen LogP contribution in [0.3, 0.4) is 0 Å². The van der Waals surface area contributed by atoms with E-state index in [1.807, 2.05) is 6.20 Å². The maximum Gasteiger partial charge on any atom is 0.138 e. The summed E-state index contributed by atoms with van der Waals surface area (Å²) in [6.45, 7) is 2.42. The van der Waals surface area contributed by atoms with Crippen LogP contribution < -0.4 is 10.1 Å². The van der Waals surface area contributed by atoms with Gasteiger partial charge in [-0.15, -0.1) is 0 Å². The van der Waals surface area contributed by atoms with Crippen molar-refractivity contribution in [3.8, 4) is 5.75 Å². The molecule has 1 aliphatic heterocycles. The van der Waals surface area contributed by atoms with Crippen molar-refractivity contribution in [1.29, 1.82) is 0 Å². The van der Waals surface area contributed by atoms with Crippen molar-refractivity contribution in [1.82, 2.24) is 10.3 Å². The van der Waals surface area contributed by atoms with Gasteiger partial charge in [-0.25, -0.2) is 0 Å². The average Bonchev–Trinajstić information content (AvgIpc) is 3.19. The van der Waals surface area contributed by atoms with Gasteiger partial charge in [0, 0.05) is 12.7 Å². The van der Waals surface area contributed by atoms with E-state index in [1.54, 1.807) is 0 Å². The highest BCUT2D eigenvalue weighted by molar-refractivity contribution is 5.28. The summed E-state index contributed by atoms with van der Waals surface area (Å²) in [7, 11) is 0. The SMILES string of the molecule is c1ncc(C2CCC3(CCCNC3)C2)cc1OC1CCCC1. The molecule has 1 spiro atoms. The highest BCUT2D eigenvalue weighted by atomic mass is 16.5. The Morgan fingerprint density at radius 2 is 2.00 bits per heavy atom. The third kappa shape index (κ3) is 3.01. The standard InChI is InChI=1S/C19H28N2O/c1-2-5-17(4-1)22-18-10-16(12-21-13-18)15-6-8-19(11-15)7-3-9-20-14-19/h10,12-13,15,17,20H,1-9,11,14H2. The number of nitrogens with zero attached hydrogens (tertiary/aromatic N) is 1. The predicted octanol–water partition coefficient (Wildman–Crippen LogP) is 4.04. The lowest BCUT2D eigenvalue weighted by atomic mass is 9.78. The van der Waals surface area contributed by atoms with Crippen molar-refractivity contribution in [2.24, 2.45) is 5.41 Å². The second-order valence-electron chi connectivity index (χ2n) is 7.70. The quantitative estimate of drug-likeness (QED) is 0.914.